The van der Waals surface area contributed by atoms with Crippen LogP contribution < -0.4 is 5.73 Å². The first-order valence-corrected chi connectivity index (χ1v) is 12.0. The molecule has 3 N–H and O–H groups in total. The van der Waals surface area contributed by atoms with Crippen molar-refractivity contribution < 1.29 is 41.0 Å². The molecule has 0 heterocycles. The second kappa shape index (κ2) is 9.22. The SMILES string of the molecule is NC(=O)c1cc(C(F)(F)F)cc(C(F)(F)F)c1.O=C(O)C12CC3CC(C1)CC(c1ccc(Cl)cc1)(C3)C2. The van der Waals surface area contributed by atoms with Gasteiger partial charge >= 0.3 is 18.3 Å². The minimum Gasteiger partial charge on any atom is -0.481 e. The zero-order valence-electron chi connectivity index (χ0n) is 19.4. The van der Waals surface area contributed by atoms with E-state index in [1.165, 1.54) is 24.8 Å². The molecule has 11 heteroatoms. The van der Waals surface area contributed by atoms with E-state index in [1.807, 2.05) is 12.1 Å². The number of benzene rings is 2. The van der Waals surface area contributed by atoms with Gasteiger partial charge in [-0.1, -0.05) is 23.7 Å². The standard InChI is InChI=1S/C17H19ClO2.C9H5F6NO/c18-14-3-1-13(2-4-14)16-6-11-5-12(7-16)9-17(8-11,10-16)15(19)20;10-8(11,12)5-1-4(7(16)17)2-6(3-5)9(13,14)15/h1-4,11-12H,5-10H2,(H,19,20);1-3H,(H2,16,17). The predicted octanol–water partition coefficient (Wildman–Crippen LogP) is 7.09. The van der Waals surface area contributed by atoms with E-state index in [1.54, 1.807) is 0 Å². The highest BCUT2D eigenvalue weighted by Crippen LogP contribution is 2.65. The zero-order chi connectivity index (χ0) is 27.4. The van der Waals surface area contributed by atoms with Crippen molar-refractivity contribution in [1.82, 2.24) is 0 Å². The second-order valence-corrected chi connectivity index (χ2v) is 10.9. The van der Waals surface area contributed by atoms with Gasteiger partial charge in [-0.25, -0.2) is 0 Å². The van der Waals surface area contributed by atoms with E-state index in [2.05, 4.69) is 17.9 Å². The summed E-state index contributed by atoms with van der Waals surface area (Å²) in [5, 5.41) is 10.5. The molecule has 4 bridgehead atoms. The number of hydrogen-bond donors (Lipinski definition) is 2. The number of hydrogen-bond acceptors (Lipinski definition) is 2. The molecule has 6 rings (SSSR count). The first-order valence-electron chi connectivity index (χ1n) is 11.6. The molecule has 4 aliphatic rings. The largest absolute Gasteiger partial charge is 0.481 e. The third kappa shape index (κ3) is 5.44. The maximum Gasteiger partial charge on any atom is 0.416 e. The van der Waals surface area contributed by atoms with Crippen LogP contribution in [-0.2, 0) is 22.6 Å². The lowest BCUT2D eigenvalue weighted by Crippen LogP contribution is -2.56. The number of carboxylic acid groups (broad SMARTS) is 1. The van der Waals surface area contributed by atoms with Crippen molar-refractivity contribution in [2.75, 3.05) is 0 Å². The Morgan fingerprint density at radius 2 is 1.35 bits per heavy atom. The molecule has 4 nitrogen and oxygen atoms in total. The number of carboxylic acids is 1. The van der Waals surface area contributed by atoms with E-state index in [9.17, 15) is 41.0 Å². The van der Waals surface area contributed by atoms with Gasteiger partial charge in [0.25, 0.3) is 0 Å². The van der Waals surface area contributed by atoms with Crippen LogP contribution in [0.5, 0.6) is 0 Å². The fourth-order valence-electron chi connectivity index (χ4n) is 6.75. The first kappa shape index (κ1) is 27.3. The monoisotopic (exact) mass is 547 g/mol. The summed E-state index contributed by atoms with van der Waals surface area (Å²) < 4.78 is 73.7. The number of halogens is 7. The van der Waals surface area contributed by atoms with E-state index < -0.39 is 46.3 Å². The summed E-state index contributed by atoms with van der Waals surface area (Å²) in [6.07, 6.45) is -3.77. The molecular weight excluding hydrogens is 524 g/mol. The van der Waals surface area contributed by atoms with Gasteiger partial charge in [0, 0.05) is 10.6 Å². The number of carbonyl (C=O) groups is 2. The average Bonchev–Trinajstić information content (AvgIpc) is 2.77. The first-order chi connectivity index (χ1) is 17.0. The van der Waals surface area contributed by atoms with Gasteiger partial charge in [-0.3, -0.25) is 9.59 Å². The van der Waals surface area contributed by atoms with Crippen LogP contribution in [-0.4, -0.2) is 17.0 Å². The van der Waals surface area contributed by atoms with E-state index in [4.69, 9.17) is 11.6 Å². The van der Waals surface area contributed by atoms with Gasteiger partial charge < -0.3 is 10.8 Å². The Labute approximate surface area is 213 Å². The molecular formula is C26H24ClF6NO3. The summed E-state index contributed by atoms with van der Waals surface area (Å²) in [6.45, 7) is 0. The van der Waals surface area contributed by atoms with Crippen molar-refractivity contribution in [2.24, 2.45) is 23.0 Å². The topological polar surface area (TPSA) is 80.4 Å². The van der Waals surface area contributed by atoms with Crippen LogP contribution in [0.15, 0.2) is 42.5 Å². The molecule has 37 heavy (non-hydrogen) atoms. The summed E-state index contributed by atoms with van der Waals surface area (Å²) in [6, 6.07) is 8.60. The van der Waals surface area contributed by atoms with E-state index in [0.29, 0.717) is 11.8 Å². The highest BCUT2D eigenvalue weighted by molar-refractivity contribution is 6.30. The van der Waals surface area contributed by atoms with Crippen molar-refractivity contribution in [2.45, 2.75) is 56.3 Å². The Bertz CT molecular complexity index is 1160. The lowest BCUT2D eigenvalue weighted by Gasteiger charge is -2.60. The normalized spacial score (nSPS) is 28.4. The van der Waals surface area contributed by atoms with E-state index >= 15 is 0 Å². The van der Waals surface area contributed by atoms with Crippen molar-refractivity contribution in [3.8, 4) is 0 Å². The summed E-state index contributed by atoms with van der Waals surface area (Å²) in [5.41, 5.74) is 1.63. The van der Waals surface area contributed by atoms with Gasteiger partial charge in [0.15, 0.2) is 0 Å². The lowest BCUT2D eigenvalue weighted by molar-refractivity contribution is -0.167. The Hall–Kier alpha value is -2.75. The van der Waals surface area contributed by atoms with Crippen molar-refractivity contribution in [3.63, 3.8) is 0 Å². The number of rotatable bonds is 3. The van der Waals surface area contributed by atoms with Crippen molar-refractivity contribution in [1.29, 1.82) is 0 Å². The Balaban J connectivity index is 0.000000176. The van der Waals surface area contributed by atoms with Crippen LogP contribution in [0.2, 0.25) is 5.02 Å². The molecule has 0 spiro atoms. The molecule has 4 fully saturated rings. The van der Waals surface area contributed by atoms with Gasteiger partial charge in [-0.2, -0.15) is 26.3 Å². The molecule has 0 saturated heterocycles. The van der Waals surface area contributed by atoms with Crippen LogP contribution in [0.3, 0.4) is 0 Å². The minimum absolute atomic E-state index is 0.0769. The van der Waals surface area contributed by atoms with Crippen LogP contribution >= 0.6 is 11.6 Å². The highest BCUT2D eigenvalue weighted by Gasteiger charge is 2.61. The van der Waals surface area contributed by atoms with Crippen LogP contribution in [0.25, 0.3) is 0 Å². The fourth-order valence-corrected chi connectivity index (χ4v) is 6.88. The molecule has 2 unspecified atom stereocenters. The molecule has 2 aromatic carbocycles. The zero-order valence-corrected chi connectivity index (χ0v) is 20.2. The number of nitrogens with two attached hydrogens (primary N) is 1. The maximum absolute atomic E-state index is 12.3. The van der Waals surface area contributed by atoms with E-state index in [0.717, 1.165) is 24.3 Å². The Morgan fingerprint density at radius 1 is 0.865 bits per heavy atom. The molecule has 0 aliphatic heterocycles. The smallest absolute Gasteiger partial charge is 0.416 e. The number of alkyl halides is 6. The molecule has 2 aromatic rings. The second-order valence-electron chi connectivity index (χ2n) is 10.5. The third-order valence-corrected chi connectivity index (χ3v) is 8.10. The molecule has 4 saturated carbocycles. The molecule has 0 aromatic heterocycles. The summed E-state index contributed by atoms with van der Waals surface area (Å²) in [5.74, 6) is -0.724. The molecule has 2 atom stereocenters. The van der Waals surface area contributed by atoms with E-state index in [-0.39, 0.29) is 23.6 Å². The summed E-state index contributed by atoms with van der Waals surface area (Å²) >= 11 is 6.00. The Morgan fingerprint density at radius 3 is 1.76 bits per heavy atom. The number of aliphatic carboxylic acids is 1. The van der Waals surface area contributed by atoms with Crippen LogP contribution in [0.1, 0.15) is 65.6 Å². The maximum atomic E-state index is 12.3. The molecule has 0 radical (unpaired) electrons. The number of primary amides is 1. The fraction of sp³-hybridized carbons (Fsp3) is 0.462. The van der Waals surface area contributed by atoms with Crippen LogP contribution in [0, 0.1) is 17.3 Å². The van der Waals surface area contributed by atoms with Crippen molar-refractivity contribution in [3.05, 3.63) is 69.7 Å². The summed E-state index contributed by atoms with van der Waals surface area (Å²) in [4.78, 5) is 22.5. The molecule has 200 valence electrons. The van der Waals surface area contributed by atoms with Gasteiger partial charge in [0.2, 0.25) is 5.91 Å². The number of amides is 1. The van der Waals surface area contributed by atoms with Gasteiger partial charge in [0.05, 0.1) is 16.5 Å². The van der Waals surface area contributed by atoms with Crippen molar-refractivity contribution >= 4 is 23.5 Å². The summed E-state index contributed by atoms with van der Waals surface area (Å²) in [7, 11) is 0. The van der Waals surface area contributed by atoms with Gasteiger partial charge in [-0.05, 0) is 91.7 Å². The average molecular weight is 548 g/mol. The third-order valence-electron chi connectivity index (χ3n) is 7.84. The molecule has 4 aliphatic carbocycles. The highest BCUT2D eigenvalue weighted by atomic mass is 35.5. The number of carbonyl (C=O) groups excluding carboxylic acids is 1. The van der Waals surface area contributed by atoms with Gasteiger partial charge in [-0.15, -0.1) is 0 Å². The predicted molar refractivity (Wildman–Crippen MR) is 123 cm³/mol. The van der Waals surface area contributed by atoms with Gasteiger partial charge in [0.1, 0.15) is 0 Å². The lowest BCUT2D eigenvalue weighted by atomic mass is 9.43. The quantitative estimate of drug-likeness (QED) is 0.403. The Kier molecular flexibility index (Phi) is 6.80. The van der Waals surface area contributed by atoms with Crippen LogP contribution in [0.4, 0.5) is 26.3 Å². The minimum atomic E-state index is -4.98. The molecule has 1 amide bonds.